The zero-order valence-electron chi connectivity index (χ0n) is 14.7. The molecule has 5 nitrogen and oxygen atoms in total. The monoisotopic (exact) mass is 598 g/mol. The Balaban J connectivity index is 1.95. The van der Waals surface area contributed by atoms with Gasteiger partial charge in [-0.3, -0.25) is 14.9 Å². The van der Waals surface area contributed by atoms with Gasteiger partial charge in [0.1, 0.15) is 0 Å². The average Bonchev–Trinajstić information content (AvgIpc) is 2.72. The Morgan fingerprint density at radius 3 is 2.18 bits per heavy atom. The van der Waals surface area contributed by atoms with Crippen LogP contribution in [-0.2, 0) is 0 Å². The highest BCUT2D eigenvalue weighted by molar-refractivity contribution is 14.1. The van der Waals surface area contributed by atoms with Gasteiger partial charge in [0, 0.05) is 27.8 Å². The smallest absolute Gasteiger partial charge is 0.269 e. The standard InChI is InChI=1S/C21H16I2N2O3/c22-18-8-4-5-9-20(18)24(14-19(23)15-6-2-1-3-7-15)21(26)16-10-12-17(13-11-16)25(27)28/h1-13,19H,14H2. The number of carbonyl (C=O) groups excluding carboxylic acids is 1. The molecule has 0 radical (unpaired) electrons. The fourth-order valence-electron chi connectivity index (χ4n) is 2.77. The highest BCUT2D eigenvalue weighted by atomic mass is 127. The Kier molecular flexibility index (Phi) is 7.00. The van der Waals surface area contributed by atoms with Gasteiger partial charge < -0.3 is 4.90 Å². The molecule has 7 heteroatoms. The Bertz CT molecular complexity index is 978. The van der Waals surface area contributed by atoms with Crippen LogP contribution in [0.25, 0.3) is 0 Å². The molecule has 0 heterocycles. The first-order chi connectivity index (χ1) is 13.5. The van der Waals surface area contributed by atoms with Gasteiger partial charge in [-0.25, -0.2) is 0 Å². The van der Waals surface area contributed by atoms with Crippen LogP contribution >= 0.6 is 45.2 Å². The van der Waals surface area contributed by atoms with Gasteiger partial charge in [-0.2, -0.15) is 0 Å². The number of nitrogens with zero attached hydrogens (tertiary/aromatic N) is 2. The Morgan fingerprint density at radius 2 is 1.57 bits per heavy atom. The van der Waals surface area contributed by atoms with Crippen molar-refractivity contribution >= 4 is 62.5 Å². The molecule has 0 saturated heterocycles. The molecule has 3 rings (SSSR count). The molecular formula is C21H16I2N2O3. The molecule has 0 aliphatic carbocycles. The van der Waals surface area contributed by atoms with Crippen molar-refractivity contribution in [1.82, 2.24) is 0 Å². The van der Waals surface area contributed by atoms with Crippen molar-refractivity contribution in [3.05, 3.63) is 104 Å². The maximum Gasteiger partial charge on any atom is 0.269 e. The van der Waals surface area contributed by atoms with Crippen LogP contribution in [0.15, 0.2) is 78.9 Å². The number of carbonyl (C=O) groups is 1. The molecule has 1 amide bonds. The minimum atomic E-state index is -0.470. The fourth-order valence-corrected chi connectivity index (χ4v) is 4.26. The average molecular weight is 598 g/mol. The number of nitro benzene ring substituents is 1. The molecule has 1 unspecified atom stereocenters. The quantitative estimate of drug-likeness (QED) is 0.151. The maximum absolute atomic E-state index is 13.3. The van der Waals surface area contributed by atoms with Crippen molar-refractivity contribution in [3.63, 3.8) is 0 Å². The van der Waals surface area contributed by atoms with Crippen LogP contribution in [0.4, 0.5) is 11.4 Å². The van der Waals surface area contributed by atoms with Gasteiger partial charge in [0.2, 0.25) is 0 Å². The van der Waals surface area contributed by atoms with E-state index in [9.17, 15) is 14.9 Å². The molecule has 0 aliphatic heterocycles. The number of hydrogen-bond donors (Lipinski definition) is 0. The number of nitro groups is 1. The third-order valence-electron chi connectivity index (χ3n) is 4.22. The van der Waals surface area contributed by atoms with E-state index in [-0.39, 0.29) is 15.5 Å². The number of anilines is 1. The summed E-state index contributed by atoms with van der Waals surface area (Å²) in [5.41, 5.74) is 2.34. The normalized spacial score (nSPS) is 11.6. The molecule has 0 spiro atoms. The van der Waals surface area contributed by atoms with Gasteiger partial charge in [-0.1, -0.05) is 65.1 Å². The van der Waals surface area contributed by atoms with Crippen LogP contribution in [0.1, 0.15) is 19.8 Å². The van der Waals surface area contributed by atoms with Crippen LogP contribution in [0, 0.1) is 13.7 Å². The Hall–Kier alpha value is -2.01. The maximum atomic E-state index is 13.3. The van der Waals surface area contributed by atoms with Gasteiger partial charge in [-0.05, 0) is 52.4 Å². The first-order valence-electron chi connectivity index (χ1n) is 8.47. The molecule has 0 aromatic heterocycles. The highest BCUT2D eigenvalue weighted by Gasteiger charge is 2.23. The third kappa shape index (κ3) is 4.88. The second-order valence-electron chi connectivity index (χ2n) is 6.05. The molecular weight excluding hydrogens is 582 g/mol. The second kappa shape index (κ2) is 9.46. The van der Waals surface area contributed by atoms with Crippen LogP contribution in [0.2, 0.25) is 0 Å². The minimum Gasteiger partial charge on any atom is -0.306 e. The molecule has 0 fully saturated rings. The van der Waals surface area contributed by atoms with Crippen molar-refractivity contribution < 1.29 is 9.72 Å². The summed E-state index contributed by atoms with van der Waals surface area (Å²) >= 11 is 4.56. The van der Waals surface area contributed by atoms with Crippen molar-refractivity contribution in [2.24, 2.45) is 0 Å². The number of amides is 1. The van der Waals surface area contributed by atoms with E-state index in [1.165, 1.54) is 24.3 Å². The van der Waals surface area contributed by atoms with E-state index in [0.29, 0.717) is 12.1 Å². The number of para-hydroxylation sites is 1. The van der Waals surface area contributed by atoms with E-state index in [1.807, 2.05) is 54.6 Å². The van der Waals surface area contributed by atoms with E-state index in [1.54, 1.807) is 4.90 Å². The summed E-state index contributed by atoms with van der Waals surface area (Å²) in [5, 5.41) is 10.9. The van der Waals surface area contributed by atoms with Crippen LogP contribution in [0.5, 0.6) is 0 Å². The van der Waals surface area contributed by atoms with Gasteiger partial charge in [-0.15, -0.1) is 0 Å². The molecule has 0 saturated carbocycles. The van der Waals surface area contributed by atoms with Crippen molar-refractivity contribution in [1.29, 1.82) is 0 Å². The van der Waals surface area contributed by atoms with Crippen molar-refractivity contribution in [3.8, 4) is 0 Å². The van der Waals surface area contributed by atoms with Gasteiger partial charge >= 0.3 is 0 Å². The van der Waals surface area contributed by atoms with Crippen molar-refractivity contribution in [2.75, 3.05) is 11.4 Å². The lowest BCUT2D eigenvalue weighted by Gasteiger charge is -2.27. The highest BCUT2D eigenvalue weighted by Crippen LogP contribution is 2.30. The van der Waals surface area contributed by atoms with E-state index >= 15 is 0 Å². The number of alkyl halides is 1. The zero-order chi connectivity index (χ0) is 20.1. The van der Waals surface area contributed by atoms with Crippen molar-refractivity contribution in [2.45, 2.75) is 3.92 Å². The summed E-state index contributed by atoms with van der Waals surface area (Å²) in [5.74, 6) is -0.184. The fraction of sp³-hybridized carbons (Fsp3) is 0.0952. The lowest BCUT2D eigenvalue weighted by molar-refractivity contribution is -0.384. The number of halogens is 2. The molecule has 142 valence electrons. The van der Waals surface area contributed by atoms with Gasteiger partial charge in [0.15, 0.2) is 0 Å². The Morgan fingerprint density at radius 1 is 0.964 bits per heavy atom. The van der Waals surface area contributed by atoms with Gasteiger partial charge in [0.25, 0.3) is 11.6 Å². The molecule has 0 N–H and O–H groups in total. The summed E-state index contributed by atoms with van der Waals surface area (Å²) in [7, 11) is 0. The number of non-ortho nitro benzene ring substituents is 1. The number of rotatable bonds is 6. The summed E-state index contributed by atoms with van der Waals surface area (Å²) in [6.45, 7) is 0.487. The number of benzene rings is 3. The van der Waals surface area contributed by atoms with Crippen LogP contribution < -0.4 is 4.90 Å². The van der Waals surface area contributed by atoms with Gasteiger partial charge in [0.05, 0.1) is 14.5 Å². The van der Waals surface area contributed by atoms with Crippen LogP contribution in [0.3, 0.4) is 0 Å². The molecule has 3 aromatic rings. The van der Waals surface area contributed by atoms with Crippen LogP contribution in [-0.4, -0.2) is 17.4 Å². The van der Waals surface area contributed by atoms with E-state index in [0.717, 1.165) is 14.8 Å². The minimum absolute atomic E-state index is 0.0338. The summed E-state index contributed by atoms with van der Waals surface area (Å²) < 4.78 is 1.06. The topological polar surface area (TPSA) is 63.4 Å². The predicted molar refractivity (Wildman–Crippen MR) is 127 cm³/mol. The largest absolute Gasteiger partial charge is 0.306 e. The predicted octanol–water partition coefficient (Wildman–Crippen LogP) is 6.02. The lowest BCUT2D eigenvalue weighted by Crippen LogP contribution is -2.34. The summed E-state index contributed by atoms with van der Waals surface area (Å²) in [4.78, 5) is 25.5. The molecule has 0 bridgehead atoms. The zero-order valence-corrected chi connectivity index (χ0v) is 19.0. The molecule has 3 aromatic carbocycles. The SMILES string of the molecule is O=C(c1ccc([N+](=O)[O-])cc1)N(CC(I)c1ccccc1)c1ccccc1I. The molecule has 0 aliphatic rings. The third-order valence-corrected chi connectivity index (χ3v) is 6.24. The first-order valence-corrected chi connectivity index (χ1v) is 10.8. The second-order valence-corrected chi connectivity index (χ2v) is 8.72. The first kappa shape index (κ1) is 20.7. The van der Waals surface area contributed by atoms with E-state index in [2.05, 4.69) is 45.2 Å². The Labute approximate surface area is 190 Å². The molecule has 1 atom stereocenters. The lowest BCUT2D eigenvalue weighted by atomic mass is 10.1. The summed E-state index contributed by atoms with van der Waals surface area (Å²) in [6.07, 6.45) is 0. The molecule has 28 heavy (non-hydrogen) atoms. The van der Waals surface area contributed by atoms with E-state index < -0.39 is 4.92 Å². The number of hydrogen-bond acceptors (Lipinski definition) is 3. The van der Waals surface area contributed by atoms with E-state index in [4.69, 9.17) is 0 Å². The summed E-state index contributed by atoms with van der Waals surface area (Å²) in [6, 6.07) is 23.5.